The van der Waals surface area contributed by atoms with E-state index in [1.165, 1.54) is 22.9 Å². The molecule has 21 heavy (non-hydrogen) atoms. The van der Waals surface area contributed by atoms with E-state index in [1.54, 1.807) is 0 Å². The largest absolute Gasteiger partial charge is 0.389 e. The predicted molar refractivity (Wildman–Crippen MR) is 87.2 cm³/mol. The second kappa shape index (κ2) is 5.82. The number of aromatic nitrogens is 1. The number of fused-ring (bicyclic) bond motifs is 1. The number of aliphatic hydroxyl groups is 1. The van der Waals surface area contributed by atoms with E-state index in [0.717, 1.165) is 25.8 Å². The molecule has 2 N–H and O–H groups in total. The monoisotopic (exact) mass is 286 g/mol. The minimum Gasteiger partial charge on any atom is -0.389 e. The van der Waals surface area contributed by atoms with E-state index in [-0.39, 0.29) is 0 Å². The van der Waals surface area contributed by atoms with Crippen LogP contribution in [0.5, 0.6) is 0 Å². The van der Waals surface area contributed by atoms with Gasteiger partial charge in [-0.15, -0.1) is 0 Å². The van der Waals surface area contributed by atoms with Crippen LogP contribution in [0.25, 0.3) is 10.9 Å². The number of aryl methyl sites for hydroxylation is 1. The van der Waals surface area contributed by atoms with Crippen LogP contribution in [0.2, 0.25) is 0 Å². The second-order valence-electron chi connectivity index (χ2n) is 6.81. The molecule has 0 bridgehead atoms. The first-order valence-electron chi connectivity index (χ1n) is 8.03. The minimum absolute atomic E-state index is 0.512. The van der Waals surface area contributed by atoms with Gasteiger partial charge in [-0.3, -0.25) is 0 Å². The first-order chi connectivity index (χ1) is 10.1. The van der Waals surface area contributed by atoms with Gasteiger partial charge in [0.05, 0.1) is 5.60 Å². The van der Waals surface area contributed by atoms with E-state index in [1.807, 2.05) is 0 Å². The number of nitrogens with zero attached hydrogens (tertiary/aromatic N) is 1. The van der Waals surface area contributed by atoms with Gasteiger partial charge in [0.1, 0.15) is 0 Å². The smallest absolute Gasteiger partial charge is 0.0774 e. The lowest BCUT2D eigenvalue weighted by Gasteiger charge is -2.35. The van der Waals surface area contributed by atoms with Crippen LogP contribution in [0.3, 0.4) is 0 Å². The van der Waals surface area contributed by atoms with Gasteiger partial charge in [0.15, 0.2) is 0 Å². The Morgan fingerprint density at radius 3 is 3.00 bits per heavy atom. The van der Waals surface area contributed by atoms with E-state index in [2.05, 4.69) is 54.3 Å². The summed E-state index contributed by atoms with van der Waals surface area (Å²) < 4.78 is 2.17. The molecular formula is C18H26N2O. The molecule has 1 aromatic heterocycles. The third-order valence-electron chi connectivity index (χ3n) is 4.82. The molecule has 3 heteroatoms. The van der Waals surface area contributed by atoms with E-state index in [0.29, 0.717) is 12.5 Å². The maximum atomic E-state index is 10.7. The average Bonchev–Trinajstić information content (AvgIpc) is 2.76. The first-order valence-corrected chi connectivity index (χ1v) is 8.03. The molecule has 0 amide bonds. The van der Waals surface area contributed by atoms with Crippen LogP contribution in [-0.2, 0) is 13.6 Å². The van der Waals surface area contributed by atoms with Crippen molar-refractivity contribution in [2.45, 2.75) is 44.8 Å². The lowest BCUT2D eigenvalue weighted by atomic mass is 9.79. The zero-order chi connectivity index (χ0) is 14.9. The Bertz CT molecular complexity index is 619. The fourth-order valence-electron chi connectivity index (χ4n) is 3.79. The summed E-state index contributed by atoms with van der Waals surface area (Å²) in [5.74, 6) is 0.642. The Morgan fingerprint density at radius 1 is 1.38 bits per heavy atom. The highest BCUT2D eigenvalue weighted by molar-refractivity contribution is 5.83. The van der Waals surface area contributed by atoms with Crippen LogP contribution >= 0.6 is 0 Å². The van der Waals surface area contributed by atoms with Crippen LogP contribution in [0, 0.1) is 5.92 Å². The van der Waals surface area contributed by atoms with Crippen molar-refractivity contribution in [1.82, 2.24) is 9.88 Å². The Morgan fingerprint density at radius 2 is 2.19 bits per heavy atom. The molecule has 3 rings (SSSR count). The van der Waals surface area contributed by atoms with Crippen molar-refractivity contribution in [2.24, 2.45) is 13.0 Å². The molecule has 1 fully saturated rings. The second-order valence-corrected chi connectivity index (χ2v) is 6.81. The summed E-state index contributed by atoms with van der Waals surface area (Å²) in [6, 6.07) is 8.48. The molecule has 1 heterocycles. The molecule has 3 nitrogen and oxygen atoms in total. The van der Waals surface area contributed by atoms with Crippen LogP contribution < -0.4 is 5.32 Å². The van der Waals surface area contributed by atoms with Crippen molar-refractivity contribution in [3.05, 3.63) is 36.0 Å². The molecule has 0 aliphatic heterocycles. The standard InChI is InChI=1S/C18H26N2O/c1-14-6-5-9-18(21,10-14)13-19-11-15-12-20(2)17-8-4-3-7-16(15)17/h3-4,7-8,12,14,19,21H,5-6,9-11,13H2,1-2H3. The lowest BCUT2D eigenvalue weighted by molar-refractivity contribution is -0.0119. The molecule has 2 unspecified atom stereocenters. The van der Waals surface area contributed by atoms with Crippen LogP contribution in [0.4, 0.5) is 0 Å². The molecule has 114 valence electrons. The van der Waals surface area contributed by atoms with Gasteiger partial charge in [-0.25, -0.2) is 0 Å². The van der Waals surface area contributed by atoms with E-state index in [9.17, 15) is 5.11 Å². The van der Waals surface area contributed by atoms with Gasteiger partial charge >= 0.3 is 0 Å². The van der Waals surface area contributed by atoms with Crippen molar-refractivity contribution in [2.75, 3.05) is 6.54 Å². The van der Waals surface area contributed by atoms with Crippen molar-refractivity contribution in [3.63, 3.8) is 0 Å². The third kappa shape index (κ3) is 3.14. The number of nitrogens with one attached hydrogen (secondary N) is 1. The first kappa shape index (κ1) is 14.6. The fraction of sp³-hybridized carbons (Fsp3) is 0.556. The molecule has 2 atom stereocenters. The lowest BCUT2D eigenvalue weighted by Crippen LogP contribution is -2.43. The fourth-order valence-corrected chi connectivity index (χ4v) is 3.79. The molecule has 1 aromatic carbocycles. The minimum atomic E-state index is -0.512. The van der Waals surface area contributed by atoms with Crippen molar-refractivity contribution in [1.29, 1.82) is 0 Å². The van der Waals surface area contributed by atoms with Crippen LogP contribution in [-0.4, -0.2) is 21.8 Å². The predicted octanol–water partition coefficient (Wildman–Crippen LogP) is 3.21. The summed E-state index contributed by atoms with van der Waals surface area (Å²) in [6.45, 7) is 3.76. The van der Waals surface area contributed by atoms with Crippen LogP contribution in [0.1, 0.15) is 38.2 Å². The average molecular weight is 286 g/mol. The highest BCUT2D eigenvalue weighted by Gasteiger charge is 2.32. The van der Waals surface area contributed by atoms with Gasteiger partial charge in [0, 0.05) is 37.2 Å². The number of benzene rings is 1. The Balaban J connectivity index is 1.64. The molecule has 1 aliphatic carbocycles. The van der Waals surface area contributed by atoms with Crippen molar-refractivity contribution >= 4 is 10.9 Å². The van der Waals surface area contributed by atoms with Gasteiger partial charge < -0.3 is 15.0 Å². The van der Waals surface area contributed by atoms with E-state index >= 15 is 0 Å². The quantitative estimate of drug-likeness (QED) is 0.905. The topological polar surface area (TPSA) is 37.2 Å². The molecule has 0 spiro atoms. The summed E-state index contributed by atoms with van der Waals surface area (Å²) in [6.07, 6.45) is 6.44. The molecule has 1 aliphatic rings. The van der Waals surface area contributed by atoms with Gasteiger partial charge in [-0.2, -0.15) is 0 Å². The summed E-state index contributed by atoms with van der Waals surface area (Å²) in [4.78, 5) is 0. The summed E-state index contributed by atoms with van der Waals surface area (Å²) in [7, 11) is 2.09. The van der Waals surface area contributed by atoms with Gasteiger partial charge in [0.2, 0.25) is 0 Å². The number of hydrogen-bond acceptors (Lipinski definition) is 2. The van der Waals surface area contributed by atoms with Crippen molar-refractivity contribution in [3.8, 4) is 0 Å². The maximum absolute atomic E-state index is 10.7. The molecule has 0 radical (unpaired) electrons. The van der Waals surface area contributed by atoms with E-state index in [4.69, 9.17) is 0 Å². The Labute approximate surface area is 127 Å². The molecular weight excluding hydrogens is 260 g/mol. The highest BCUT2D eigenvalue weighted by Crippen LogP contribution is 2.31. The number of para-hydroxylation sites is 1. The molecule has 0 saturated heterocycles. The SMILES string of the molecule is CC1CCCC(O)(CNCc2cn(C)c3ccccc23)C1. The van der Waals surface area contributed by atoms with E-state index < -0.39 is 5.60 Å². The normalized spacial score (nSPS) is 26.3. The molecule has 2 aromatic rings. The zero-order valence-corrected chi connectivity index (χ0v) is 13.1. The van der Waals surface area contributed by atoms with Crippen molar-refractivity contribution < 1.29 is 5.11 Å². The van der Waals surface area contributed by atoms with Gasteiger partial charge in [-0.1, -0.05) is 38.0 Å². The third-order valence-corrected chi connectivity index (χ3v) is 4.82. The van der Waals surface area contributed by atoms with Gasteiger partial charge in [0.25, 0.3) is 0 Å². The van der Waals surface area contributed by atoms with Gasteiger partial charge in [-0.05, 0) is 30.4 Å². The Kier molecular flexibility index (Phi) is 4.05. The number of hydrogen-bond donors (Lipinski definition) is 2. The summed E-state index contributed by atoms with van der Waals surface area (Å²) in [5.41, 5.74) is 2.06. The molecule has 1 saturated carbocycles. The zero-order valence-electron chi connectivity index (χ0n) is 13.1. The highest BCUT2D eigenvalue weighted by atomic mass is 16.3. The maximum Gasteiger partial charge on any atom is 0.0774 e. The number of rotatable bonds is 4. The van der Waals surface area contributed by atoms with Crippen LogP contribution in [0.15, 0.2) is 30.5 Å². The summed E-state index contributed by atoms with van der Waals surface area (Å²) >= 11 is 0. The Hall–Kier alpha value is -1.32. The summed E-state index contributed by atoms with van der Waals surface area (Å²) in [5, 5.41) is 15.4.